The average Bonchev–Trinajstić information content (AvgIpc) is 2.19. The minimum Gasteiger partial charge on any atom is -0.478 e. The van der Waals surface area contributed by atoms with Crippen LogP contribution in [-0.4, -0.2) is 43.2 Å². The van der Waals surface area contributed by atoms with Crippen LogP contribution in [0, 0.1) is 5.82 Å². The smallest absolute Gasteiger partial charge is 0.335 e. The van der Waals surface area contributed by atoms with Crippen LogP contribution >= 0.6 is 0 Å². The zero-order chi connectivity index (χ0) is 12.1. The lowest BCUT2D eigenvalue weighted by atomic mass is 10.2. The number of anilines is 1. The van der Waals surface area contributed by atoms with Crippen LogP contribution in [0.3, 0.4) is 0 Å². The molecule has 16 heavy (non-hydrogen) atoms. The number of aromatic carboxylic acids is 1. The highest BCUT2D eigenvalue weighted by molar-refractivity contribution is 5.88. The highest BCUT2D eigenvalue weighted by atomic mass is 19.1. The first-order chi connectivity index (χ1) is 7.50. The quantitative estimate of drug-likeness (QED) is 0.798. The Morgan fingerprint density at radius 3 is 2.69 bits per heavy atom. The van der Waals surface area contributed by atoms with E-state index >= 15 is 0 Å². The van der Waals surface area contributed by atoms with E-state index in [1.807, 2.05) is 19.0 Å². The van der Waals surface area contributed by atoms with E-state index in [2.05, 4.69) is 5.32 Å². The summed E-state index contributed by atoms with van der Waals surface area (Å²) in [6, 6.07) is 3.83. The van der Waals surface area contributed by atoms with Gasteiger partial charge < -0.3 is 15.3 Å². The van der Waals surface area contributed by atoms with Crippen LogP contribution in [0.5, 0.6) is 0 Å². The maximum absolute atomic E-state index is 13.4. The van der Waals surface area contributed by atoms with Gasteiger partial charge in [-0.15, -0.1) is 0 Å². The van der Waals surface area contributed by atoms with Gasteiger partial charge in [-0.2, -0.15) is 0 Å². The minimum absolute atomic E-state index is 0.0457. The van der Waals surface area contributed by atoms with Crippen molar-refractivity contribution in [3.8, 4) is 0 Å². The van der Waals surface area contributed by atoms with Crippen LogP contribution in [0.2, 0.25) is 0 Å². The van der Waals surface area contributed by atoms with Gasteiger partial charge in [-0.1, -0.05) is 0 Å². The first kappa shape index (κ1) is 12.4. The Hall–Kier alpha value is -1.62. The molecule has 0 radical (unpaired) electrons. The van der Waals surface area contributed by atoms with E-state index in [0.717, 1.165) is 12.6 Å². The summed E-state index contributed by atoms with van der Waals surface area (Å²) in [6.07, 6.45) is 0. The largest absolute Gasteiger partial charge is 0.478 e. The maximum Gasteiger partial charge on any atom is 0.335 e. The summed E-state index contributed by atoms with van der Waals surface area (Å²) in [5.41, 5.74) is 0.280. The number of nitrogens with one attached hydrogen (secondary N) is 1. The fraction of sp³-hybridized carbons (Fsp3) is 0.364. The van der Waals surface area contributed by atoms with Gasteiger partial charge in [0.25, 0.3) is 0 Å². The molecule has 0 aliphatic heterocycles. The summed E-state index contributed by atoms with van der Waals surface area (Å²) in [7, 11) is 3.84. The standard InChI is InChI=1S/C11H15FN2O2/c1-14(2)6-5-13-10-4-3-8(11(15)16)7-9(10)12/h3-4,7,13H,5-6H2,1-2H3,(H,15,16). The monoisotopic (exact) mass is 226 g/mol. The number of benzene rings is 1. The molecule has 0 heterocycles. The molecule has 0 atom stereocenters. The van der Waals surface area contributed by atoms with Crippen molar-refractivity contribution in [1.29, 1.82) is 0 Å². The van der Waals surface area contributed by atoms with Crippen molar-refractivity contribution in [3.05, 3.63) is 29.6 Å². The molecule has 1 rings (SSSR count). The van der Waals surface area contributed by atoms with Gasteiger partial charge in [-0.3, -0.25) is 0 Å². The number of hydrogen-bond acceptors (Lipinski definition) is 3. The highest BCUT2D eigenvalue weighted by Gasteiger charge is 2.07. The lowest BCUT2D eigenvalue weighted by Gasteiger charge is -2.12. The molecule has 0 amide bonds. The van der Waals surface area contributed by atoms with Crippen LogP contribution in [0.1, 0.15) is 10.4 Å². The Kier molecular flexibility index (Phi) is 4.25. The van der Waals surface area contributed by atoms with E-state index in [9.17, 15) is 9.18 Å². The number of carbonyl (C=O) groups is 1. The molecule has 1 aromatic carbocycles. The number of rotatable bonds is 5. The molecule has 0 aromatic heterocycles. The Morgan fingerprint density at radius 2 is 2.19 bits per heavy atom. The van der Waals surface area contributed by atoms with Gasteiger partial charge in [0, 0.05) is 13.1 Å². The highest BCUT2D eigenvalue weighted by Crippen LogP contribution is 2.15. The molecule has 0 saturated carbocycles. The van der Waals surface area contributed by atoms with Crippen LogP contribution in [0.4, 0.5) is 10.1 Å². The van der Waals surface area contributed by atoms with Gasteiger partial charge in [0.1, 0.15) is 5.82 Å². The second-order valence-electron chi connectivity index (χ2n) is 3.73. The van der Waals surface area contributed by atoms with Gasteiger partial charge in [0.05, 0.1) is 11.3 Å². The van der Waals surface area contributed by atoms with Gasteiger partial charge in [-0.25, -0.2) is 9.18 Å². The number of halogens is 1. The van der Waals surface area contributed by atoms with Crippen LogP contribution in [0.15, 0.2) is 18.2 Å². The van der Waals surface area contributed by atoms with Crippen LogP contribution in [-0.2, 0) is 0 Å². The molecule has 5 heteroatoms. The van der Waals surface area contributed by atoms with Crippen molar-refractivity contribution in [2.45, 2.75) is 0 Å². The predicted octanol–water partition coefficient (Wildman–Crippen LogP) is 1.50. The molecule has 0 aliphatic rings. The summed E-state index contributed by atoms with van der Waals surface area (Å²) in [4.78, 5) is 12.5. The number of carboxylic acid groups (broad SMARTS) is 1. The Bertz CT molecular complexity index is 380. The first-order valence-corrected chi connectivity index (χ1v) is 4.92. The fourth-order valence-electron chi connectivity index (χ4n) is 1.21. The van der Waals surface area contributed by atoms with E-state index in [4.69, 9.17) is 5.11 Å². The first-order valence-electron chi connectivity index (χ1n) is 4.92. The molecule has 2 N–H and O–H groups in total. The Morgan fingerprint density at radius 1 is 1.50 bits per heavy atom. The second kappa shape index (κ2) is 5.46. The van der Waals surface area contributed by atoms with Crippen molar-refractivity contribution in [2.75, 3.05) is 32.5 Å². The van der Waals surface area contributed by atoms with Crippen molar-refractivity contribution < 1.29 is 14.3 Å². The van der Waals surface area contributed by atoms with E-state index in [1.165, 1.54) is 12.1 Å². The fourth-order valence-corrected chi connectivity index (χ4v) is 1.21. The topological polar surface area (TPSA) is 52.6 Å². The van der Waals surface area contributed by atoms with Crippen molar-refractivity contribution in [1.82, 2.24) is 4.90 Å². The number of hydrogen-bond donors (Lipinski definition) is 2. The zero-order valence-corrected chi connectivity index (χ0v) is 9.33. The number of likely N-dealkylation sites (N-methyl/N-ethyl adjacent to an activating group) is 1. The lowest BCUT2D eigenvalue weighted by molar-refractivity contribution is 0.0696. The van der Waals surface area contributed by atoms with Crippen molar-refractivity contribution in [3.63, 3.8) is 0 Å². The maximum atomic E-state index is 13.4. The van der Waals surface area contributed by atoms with E-state index in [-0.39, 0.29) is 5.56 Å². The molecule has 88 valence electrons. The third-order valence-corrected chi connectivity index (χ3v) is 2.09. The molecule has 0 fully saturated rings. The van der Waals surface area contributed by atoms with Crippen LogP contribution < -0.4 is 5.32 Å². The van der Waals surface area contributed by atoms with Gasteiger partial charge in [0.2, 0.25) is 0 Å². The molecule has 0 unspecified atom stereocenters. The lowest BCUT2D eigenvalue weighted by Crippen LogP contribution is -2.21. The zero-order valence-electron chi connectivity index (χ0n) is 9.33. The van der Waals surface area contributed by atoms with Crippen LogP contribution in [0.25, 0.3) is 0 Å². The summed E-state index contributed by atoms with van der Waals surface area (Å²) >= 11 is 0. The third-order valence-electron chi connectivity index (χ3n) is 2.09. The summed E-state index contributed by atoms with van der Waals surface area (Å²) < 4.78 is 13.4. The van der Waals surface area contributed by atoms with Gasteiger partial charge in [-0.05, 0) is 32.3 Å². The molecule has 0 aliphatic carbocycles. The molecule has 1 aromatic rings. The summed E-state index contributed by atoms with van der Waals surface area (Å²) in [5, 5.41) is 11.6. The van der Waals surface area contributed by atoms with Gasteiger partial charge in [0.15, 0.2) is 0 Å². The third kappa shape index (κ3) is 3.51. The molecule has 4 nitrogen and oxygen atoms in total. The van der Waals surface area contributed by atoms with E-state index in [0.29, 0.717) is 12.2 Å². The molecule has 0 spiro atoms. The summed E-state index contributed by atoms with van der Waals surface area (Å²) in [5.74, 6) is -1.67. The number of carboxylic acids is 1. The second-order valence-corrected chi connectivity index (χ2v) is 3.73. The molecule has 0 bridgehead atoms. The molecular weight excluding hydrogens is 211 g/mol. The van der Waals surface area contributed by atoms with Crippen molar-refractivity contribution >= 4 is 11.7 Å². The predicted molar refractivity (Wildman–Crippen MR) is 60.4 cm³/mol. The van der Waals surface area contributed by atoms with E-state index < -0.39 is 11.8 Å². The Balaban J connectivity index is 2.64. The Labute approximate surface area is 93.7 Å². The normalized spacial score (nSPS) is 10.5. The van der Waals surface area contributed by atoms with Gasteiger partial charge >= 0.3 is 5.97 Å². The van der Waals surface area contributed by atoms with Crippen molar-refractivity contribution in [2.24, 2.45) is 0 Å². The van der Waals surface area contributed by atoms with E-state index in [1.54, 1.807) is 0 Å². The SMILES string of the molecule is CN(C)CCNc1ccc(C(=O)O)cc1F. The molecular formula is C11H15FN2O2. The number of nitrogens with zero attached hydrogens (tertiary/aromatic N) is 1. The summed E-state index contributed by atoms with van der Waals surface area (Å²) in [6.45, 7) is 1.39. The minimum atomic E-state index is -1.13. The molecule has 0 saturated heterocycles. The average molecular weight is 226 g/mol.